The number of halogens is 1. The highest BCUT2D eigenvalue weighted by atomic mass is 19.1. The van der Waals surface area contributed by atoms with Crippen LogP contribution in [0.25, 0.3) is 0 Å². The summed E-state index contributed by atoms with van der Waals surface area (Å²) in [5.74, 6) is -0.417. The highest BCUT2D eigenvalue weighted by Crippen LogP contribution is 2.07. The second-order valence-corrected chi connectivity index (χ2v) is 1.24. The summed E-state index contributed by atoms with van der Waals surface area (Å²) < 4.78 is 12.2. The zero-order valence-electron chi connectivity index (χ0n) is 4.82. The van der Waals surface area contributed by atoms with Crippen LogP contribution in [-0.4, -0.2) is 6.72 Å². The van der Waals surface area contributed by atoms with Gasteiger partial charge in [-0.1, -0.05) is 6.58 Å². The molecule has 0 aromatic rings. The molecule has 0 bridgehead atoms. The van der Waals surface area contributed by atoms with Crippen molar-refractivity contribution in [2.45, 2.75) is 6.92 Å². The van der Waals surface area contributed by atoms with E-state index in [9.17, 15) is 4.39 Å². The van der Waals surface area contributed by atoms with Gasteiger partial charge in [-0.2, -0.15) is 0 Å². The molecule has 0 saturated heterocycles. The first-order chi connectivity index (χ1) is 3.72. The first kappa shape index (κ1) is 7.08. The Bertz CT molecular complexity index is 135. The Labute approximate surface area is 48.2 Å². The molecule has 0 aromatic heterocycles. The fraction of sp³-hybridized carbons (Fsp3) is 0.167. The molecule has 8 heavy (non-hydrogen) atoms. The predicted molar refractivity (Wildman–Crippen MR) is 33.6 cm³/mol. The van der Waals surface area contributed by atoms with Gasteiger partial charge in [-0.3, -0.25) is 4.99 Å². The van der Waals surface area contributed by atoms with Crippen molar-refractivity contribution in [2.24, 2.45) is 4.99 Å². The number of hydrogen-bond acceptors (Lipinski definition) is 1. The summed E-state index contributed by atoms with van der Waals surface area (Å²) in [4.78, 5) is 3.27. The Morgan fingerprint density at radius 3 is 2.38 bits per heavy atom. The van der Waals surface area contributed by atoms with Crippen molar-refractivity contribution < 1.29 is 4.39 Å². The average molecular weight is 113 g/mol. The van der Waals surface area contributed by atoms with Crippen molar-refractivity contribution in [1.82, 2.24) is 0 Å². The standard InChI is InChI=1S/C6H8FN/c1-4-6(7)5(2)8-3/h4H,2-3H2,1H3/b6-4+. The minimum Gasteiger partial charge on any atom is -0.262 e. The Hall–Kier alpha value is -0.920. The van der Waals surface area contributed by atoms with Crippen molar-refractivity contribution in [1.29, 1.82) is 0 Å². The van der Waals surface area contributed by atoms with Crippen LogP contribution in [0.15, 0.2) is 29.2 Å². The van der Waals surface area contributed by atoms with Gasteiger partial charge in [0.1, 0.15) is 5.83 Å². The van der Waals surface area contributed by atoms with Crippen molar-refractivity contribution in [3.05, 3.63) is 24.2 Å². The fourth-order valence-corrected chi connectivity index (χ4v) is 0.242. The van der Waals surface area contributed by atoms with E-state index in [-0.39, 0.29) is 5.70 Å². The van der Waals surface area contributed by atoms with E-state index in [0.29, 0.717) is 0 Å². The minimum absolute atomic E-state index is 0.0903. The molecule has 44 valence electrons. The van der Waals surface area contributed by atoms with E-state index in [1.807, 2.05) is 0 Å². The van der Waals surface area contributed by atoms with Crippen LogP contribution in [0, 0.1) is 0 Å². The zero-order chi connectivity index (χ0) is 6.57. The quantitative estimate of drug-likeness (QED) is 0.384. The molecule has 0 saturated carbocycles. The van der Waals surface area contributed by atoms with Crippen LogP contribution in [0.1, 0.15) is 6.92 Å². The smallest absolute Gasteiger partial charge is 0.143 e. The van der Waals surface area contributed by atoms with E-state index in [1.54, 1.807) is 6.92 Å². The van der Waals surface area contributed by atoms with E-state index >= 15 is 0 Å². The molecule has 0 unspecified atom stereocenters. The van der Waals surface area contributed by atoms with Crippen LogP contribution in [0.4, 0.5) is 4.39 Å². The van der Waals surface area contributed by atoms with E-state index in [4.69, 9.17) is 0 Å². The molecule has 1 nitrogen and oxygen atoms in total. The summed E-state index contributed by atoms with van der Waals surface area (Å²) in [6.45, 7) is 7.95. The normalized spacial score (nSPS) is 11.0. The summed E-state index contributed by atoms with van der Waals surface area (Å²) in [6.07, 6.45) is 1.29. The molecule has 0 rings (SSSR count). The van der Waals surface area contributed by atoms with Crippen LogP contribution in [-0.2, 0) is 0 Å². The van der Waals surface area contributed by atoms with E-state index < -0.39 is 5.83 Å². The average Bonchev–Trinajstić information content (AvgIpc) is 1.84. The molecule has 0 atom stereocenters. The van der Waals surface area contributed by atoms with Crippen molar-refractivity contribution in [3.63, 3.8) is 0 Å². The highest BCUT2D eigenvalue weighted by Gasteiger charge is 1.92. The summed E-state index contributed by atoms with van der Waals surface area (Å²) >= 11 is 0. The molecule has 0 radical (unpaired) electrons. The van der Waals surface area contributed by atoms with Gasteiger partial charge in [0, 0.05) is 0 Å². The zero-order valence-corrected chi connectivity index (χ0v) is 4.82. The third-order valence-corrected chi connectivity index (χ3v) is 0.720. The Balaban J connectivity index is 4.03. The predicted octanol–water partition coefficient (Wildman–Crippen LogP) is 2.07. The van der Waals surface area contributed by atoms with Gasteiger partial charge in [-0.25, -0.2) is 4.39 Å². The van der Waals surface area contributed by atoms with Gasteiger partial charge in [0.15, 0.2) is 0 Å². The topological polar surface area (TPSA) is 12.4 Å². The molecule has 0 amide bonds. The van der Waals surface area contributed by atoms with Crippen LogP contribution in [0.3, 0.4) is 0 Å². The Kier molecular flexibility index (Phi) is 2.77. The second-order valence-electron chi connectivity index (χ2n) is 1.24. The minimum atomic E-state index is -0.417. The Morgan fingerprint density at radius 2 is 2.25 bits per heavy atom. The summed E-state index contributed by atoms with van der Waals surface area (Å²) in [5.41, 5.74) is 0.0903. The van der Waals surface area contributed by atoms with E-state index in [0.717, 1.165) is 0 Å². The lowest BCUT2D eigenvalue weighted by Crippen LogP contribution is -1.72. The highest BCUT2D eigenvalue weighted by molar-refractivity contribution is 5.33. The molecule has 0 heterocycles. The van der Waals surface area contributed by atoms with Gasteiger partial charge >= 0.3 is 0 Å². The van der Waals surface area contributed by atoms with Crippen molar-refractivity contribution in [3.8, 4) is 0 Å². The third-order valence-electron chi connectivity index (χ3n) is 0.720. The number of nitrogens with zero attached hydrogens (tertiary/aromatic N) is 1. The lowest BCUT2D eigenvalue weighted by molar-refractivity contribution is 0.648. The Morgan fingerprint density at radius 1 is 1.75 bits per heavy atom. The molecule has 2 heteroatoms. The molecule has 0 aromatic carbocycles. The molecule has 0 aliphatic carbocycles. The van der Waals surface area contributed by atoms with Crippen molar-refractivity contribution >= 4 is 6.72 Å². The number of hydrogen-bond donors (Lipinski definition) is 0. The molecule has 0 aliphatic rings. The lowest BCUT2D eigenvalue weighted by Gasteiger charge is -1.88. The summed E-state index contributed by atoms with van der Waals surface area (Å²) in [5, 5.41) is 0. The number of allylic oxidation sites excluding steroid dienone is 2. The maximum atomic E-state index is 12.2. The molecular formula is C6H8FN. The lowest BCUT2D eigenvalue weighted by atomic mass is 10.4. The summed E-state index contributed by atoms with van der Waals surface area (Å²) in [6, 6.07) is 0. The van der Waals surface area contributed by atoms with Gasteiger partial charge in [-0.05, 0) is 19.7 Å². The maximum Gasteiger partial charge on any atom is 0.143 e. The molecular weight excluding hydrogens is 105 g/mol. The largest absolute Gasteiger partial charge is 0.262 e. The first-order valence-corrected chi connectivity index (χ1v) is 2.20. The summed E-state index contributed by atoms with van der Waals surface area (Å²) in [7, 11) is 0. The first-order valence-electron chi connectivity index (χ1n) is 2.20. The number of rotatable bonds is 2. The molecule has 0 aliphatic heterocycles. The molecule has 0 N–H and O–H groups in total. The van der Waals surface area contributed by atoms with Crippen molar-refractivity contribution in [2.75, 3.05) is 0 Å². The van der Waals surface area contributed by atoms with Gasteiger partial charge in [0.2, 0.25) is 0 Å². The monoisotopic (exact) mass is 113 g/mol. The van der Waals surface area contributed by atoms with E-state index in [2.05, 4.69) is 18.3 Å². The van der Waals surface area contributed by atoms with Gasteiger partial charge in [0.05, 0.1) is 5.70 Å². The maximum absolute atomic E-state index is 12.2. The van der Waals surface area contributed by atoms with Crippen LogP contribution >= 0.6 is 0 Å². The van der Waals surface area contributed by atoms with Crippen LogP contribution < -0.4 is 0 Å². The number of aliphatic imine (C=N–C) groups is 1. The van der Waals surface area contributed by atoms with Crippen LogP contribution in [0.5, 0.6) is 0 Å². The van der Waals surface area contributed by atoms with Gasteiger partial charge < -0.3 is 0 Å². The SMILES string of the molecule is C=NC(=C)/C(F)=C\C. The molecule has 0 fully saturated rings. The second kappa shape index (κ2) is 3.13. The van der Waals surface area contributed by atoms with Crippen LogP contribution in [0.2, 0.25) is 0 Å². The van der Waals surface area contributed by atoms with Gasteiger partial charge in [-0.15, -0.1) is 0 Å². The van der Waals surface area contributed by atoms with Gasteiger partial charge in [0.25, 0.3) is 0 Å². The third kappa shape index (κ3) is 1.69. The van der Waals surface area contributed by atoms with E-state index in [1.165, 1.54) is 6.08 Å². The fourth-order valence-electron chi connectivity index (χ4n) is 0.242. The molecule has 0 spiro atoms.